The molecule has 1 aromatic carbocycles. The average molecular weight is 357 g/mol. The van der Waals surface area contributed by atoms with Crippen LogP contribution in [0, 0.1) is 6.92 Å². The molecule has 6 nitrogen and oxygen atoms in total. The van der Waals surface area contributed by atoms with Crippen LogP contribution >= 0.6 is 11.3 Å². The number of furan rings is 1. The zero-order chi connectivity index (χ0) is 17.8. The van der Waals surface area contributed by atoms with E-state index in [0.717, 1.165) is 10.6 Å². The number of rotatable bonds is 5. The van der Waals surface area contributed by atoms with Crippen LogP contribution in [0.1, 0.15) is 31.7 Å². The summed E-state index contributed by atoms with van der Waals surface area (Å²) in [5, 5.41) is 0.760. The molecule has 0 saturated heterocycles. The van der Waals surface area contributed by atoms with E-state index in [1.807, 2.05) is 30.3 Å². The highest BCUT2D eigenvalue weighted by Gasteiger charge is 2.19. The van der Waals surface area contributed by atoms with Gasteiger partial charge in [-0.05, 0) is 19.1 Å². The van der Waals surface area contributed by atoms with Crippen molar-refractivity contribution < 1.29 is 23.5 Å². The van der Waals surface area contributed by atoms with Crippen molar-refractivity contribution in [3.05, 3.63) is 64.6 Å². The fourth-order valence-electron chi connectivity index (χ4n) is 2.16. The van der Waals surface area contributed by atoms with E-state index in [0.29, 0.717) is 16.3 Å². The van der Waals surface area contributed by atoms with Gasteiger partial charge < -0.3 is 13.9 Å². The van der Waals surface area contributed by atoms with Crippen LogP contribution in [0.2, 0.25) is 0 Å². The van der Waals surface area contributed by atoms with Gasteiger partial charge in [0.05, 0.1) is 12.8 Å². The molecule has 0 fully saturated rings. The third kappa shape index (κ3) is 3.77. The summed E-state index contributed by atoms with van der Waals surface area (Å²) >= 11 is 1.28. The van der Waals surface area contributed by atoms with Gasteiger partial charge in [-0.2, -0.15) is 0 Å². The highest BCUT2D eigenvalue weighted by atomic mass is 32.1. The molecule has 7 heteroatoms. The Hall–Kier alpha value is -2.93. The van der Waals surface area contributed by atoms with E-state index in [9.17, 15) is 9.59 Å². The van der Waals surface area contributed by atoms with Gasteiger partial charge in [0.15, 0.2) is 0 Å². The summed E-state index contributed by atoms with van der Waals surface area (Å²) in [5.41, 5.74) is 1.56. The smallest absolute Gasteiger partial charge is 0.373 e. The number of hydrogen-bond donors (Lipinski definition) is 0. The number of carbonyl (C=O) groups excluding carboxylic acids is 2. The SMILES string of the molecule is COC(=O)c1ccc(COC(=O)c2sc(-c3ccccc3)nc2C)o1. The second-order valence-corrected chi connectivity index (χ2v) is 6.13. The first kappa shape index (κ1) is 16.9. The van der Waals surface area contributed by atoms with Crippen LogP contribution in [0.25, 0.3) is 10.6 Å². The van der Waals surface area contributed by atoms with Crippen molar-refractivity contribution >= 4 is 23.3 Å². The van der Waals surface area contributed by atoms with Crippen LogP contribution in [0.15, 0.2) is 46.9 Å². The Kier molecular flexibility index (Phi) is 4.95. The van der Waals surface area contributed by atoms with Crippen molar-refractivity contribution in [3.8, 4) is 10.6 Å². The number of thiazole rings is 1. The Morgan fingerprint density at radius 3 is 2.60 bits per heavy atom. The Morgan fingerprint density at radius 2 is 1.88 bits per heavy atom. The Balaban J connectivity index is 1.68. The third-order valence-corrected chi connectivity index (χ3v) is 4.58. The molecule has 0 saturated carbocycles. The van der Waals surface area contributed by atoms with Crippen molar-refractivity contribution in [2.45, 2.75) is 13.5 Å². The zero-order valence-electron chi connectivity index (χ0n) is 13.6. The van der Waals surface area contributed by atoms with E-state index < -0.39 is 11.9 Å². The maximum Gasteiger partial charge on any atom is 0.373 e. The molecule has 0 atom stereocenters. The van der Waals surface area contributed by atoms with Crippen LogP contribution in [-0.4, -0.2) is 24.0 Å². The van der Waals surface area contributed by atoms with E-state index >= 15 is 0 Å². The zero-order valence-corrected chi connectivity index (χ0v) is 14.5. The molecule has 2 heterocycles. The average Bonchev–Trinajstić information content (AvgIpc) is 3.26. The number of methoxy groups -OCH3 is 1. The lowest BCUT2D eigenvalue weighted by atomic mass is 10.2. The number of benzene rings is 1. The summed E-state index contributed by atoms with van der Waals surface area (Å²) in [6, 6.07) is 12.7. The Morgan fingerprint density at radius 1 is 1.12 bits per heavy atom. The summed E-state index contributed by atoms with van der Waals surface area (Å²) in [6.07, 6.45) is 0. The van der Waals surface area contributed by atoms with Crippen LogP contribution in [0.5, 0.6) is 0 Å². The fourth-order valence-corrected chi connectivity index (χ4v) is 3.12. The first-order valence-corrected chi connectivity index (χ1v) is 8.27. The molecule has 3 aromatic rings. The molecule has 0 radical (unpaired) electrons. The van der Waals surface area contributed by atoms with Crippen LogP contribution < -0.4 is 0 Å². The van der Waals surface area contributed by atoms with E-state index in [1.165, 1.54) is 24.5 Å². The van der Waals surface area contributed by atoms with Gasteiger partial charge >= 0.3 is 11.9 Å². The van der Waals surface area contributed by atoms with Gasteiger partial charge in [-0.3, -0.25) is 0 Å². The van der Waals surface area contributed by atoms with Crippen molar-refractivity contribution in [1.29, 1.82) is 0 Å². The molecule has 0 aliphatic carbocycles. The van der Waals surface area contributed by atoms with E-state index in [4.69, 9.17) is 9.15 Å². The van der Waals surface area contributed by atoms with Crippen LogP contribution in [0.3, 0.4) is 0 Å². The van der Waals surface area contributed by atoms with Gasteiger partial charge in [0, 0.05) is 5.56 Å². The Bertz CT molecular complexity index is 897. The normalized spacial score (nSPS) is 10.5. The summed E-state index contributed by atoms with van der Waals surface area (Å²) in [6.45, 7) is 1.69. The number of esters is 2. The molecular weight excluding hydrogens is 342 g/mol. The minimum absolute atomic E-state index is 0.0638. The van der Waals surface area contributed by atoms with Crippen molar-refractivity contribution in [3.63, 3.8) is 0 Å². The minimum Gasteiger partial charge on any atom is -0.463 e. The lowest BCUT2D eigenvalue weighted by Crippen LogP contribution is -2.04. The summed E-state index contributed by atoms with van der Waals surface area (Å²) in [5.74, 6) is -0.635. The molecule has 25 heavy (non-hydrogen) atoms. The topological polar surface area (TPSA) is 78.6 Å². The van der Waals surface area contributed by atoms with Gasteiger partial charge in [0.25, 0.3) is 0 Å². The summed E-state index contributed by atoms with van der Waals surface area (Å²) in [4.78, 5) is 28.5. The van der Waals surface area contributed by atoms with Crippen molar-refractivity contribution in [2.75, 3.05) is 7.11 Å². The number of nitrogens with zero attached hydrogens (tertiary/aromatic N) is 1. The summed E-state index contributed by atoms with van der Waals surface area (Å²) < 4.78 is 15.1. The molecule has 0 aliphatic heterocycles. The van der Waals surface area contributed by atoms with Gasteiger partial charge in [-0.15, -0.1) is 11.3 Å². The number of ether oxygens (including phenoxy) is 2. The monoisotopic (exact) mass is 357 g/mol. The third-order valence-electron chi connectivity index (χ3n) is 3.40. The number of aryl methyl sites for hydroxylation is 1. The first-order valence-electron chi connectivity index (χ1n) is 7.45. The molecule has 0 bridgehead atoms. The van der Waals surface area contributed by atoms with E-state index in [1.54, 1.807) is 13.0 Å². The molecule has 2 aromatic heterocycles. The number of carbonyl (C=O) groups is 2. The highest BCUT2D eigenvalue weighted by Crippen LogP contribution is 2.28. The van der Waals surface area contributed by atoms with Gasteiger partial charge in [0.1, 0.15) is 22.3 Å². The second kappa shape index (κ2) is 7.31. The van der Waals surface area contributed by atoms with Crippen LogP contribution in [-0.2, 0) is 16.1 Å². The lowest BCUT2D eigenvalue weighted by molar-refractivity contribution is 0.0443. The molecule has 0 N–H and O–H groups in total. The predicted octanol–water partition coefficient (Wildman–Crippen LogP) is 3.86. The fraction of sp³-hybridized carbons (Fsp3) is 0.167. The minimum atomic E-state index is -0.580. The maximum absolute atomic E-state index is 12.3. The molecule has 0 spiro atoms. The van der Waals surface area contributed by atoms with E-state index in [-0.39, 0.29) is 12.4 Å². The molecule has 3 rings (SSSR count). The molecule has 128 valence electrons. The molecule has 0 aliphatic rings. The van der Waals surface area contributed by atoms with Gasteiger partial charge in [-0.25, -0.2) is 14.6 Å². The van der Waals surface area contributed by atoms with Crippen molar-refractivity contribution in [1.82, 2.24) is 4.98 Å². The number of aromatic nitrogens is 1. The van der Waals surface area contributed by atoms with Crippen molar-refractivity contribution in [2.24, 2.45) is 0 Å². The van der Waals surface area contributed by atoms with Gasteiger partial charge in [-0.1, -0.05) is 30.3 Å². The van der Waals surface area contributed by atoms with E-state index in [2.05, 4.69) is 9.72 Å². The second-order valence-electron chi connectivity index (χ2n) is 5.13. The quantitative estimate of drug-likeness (QED) is 0.645. The number of hydrogen-bond acceptors (Lipinski definition) is 7. The molecular formula is C18H15NO5S. The molecule has 0 unspecified atom stereocenters. The summed E-state index contributed by atoms with van der Waals surface area (Å²) in [7, 11) is 1.27. The lowest BCUT2D eigenvalue weighted by Gasteiger charge is -2.01. The first-order chi connectivity index (χ1) is 12.1. The predicted molar refractivity (Wildman–Crippen MR) is 91.5 cm³/mol. The standard InChI is InChI=1S/C18H15NO5S/c1-11-15(25-16(19-11)12-6-4-3-5-7-12)18(21)23-10-13-8-9-14(24-13)17(20)22-2/h3-9H,10H2,1-2H3. The van der Waals surface area contributed by atoms with Crippen LogP contribution in [0.4, 0.5) is 0 Å². The van der Waals surface area contributed by atoms with Gasteiger partial charge in [0.2, 0.25) is 5.76 Å². The molecule has 0 amide bonds. The maximum atomic E-state index is 12.3. The largest absolute Gasteiger partial charge is 0.463 e. The Labute approximate surface area is 148 Å². The highest BCUT2D eigenvalue weighted by molar-refractivity contribution is 7.17.